The van der Waals surface area contributed by atoms with E-state index in [1.54, 1.807) is 12.1 Å². The minimum atomic E-state index is -1.25. The van der Waals surface area contributed by atoms with Crippen molar-refractivity contribution in [3.8, 4) is 0 Å². The van der Waals surface area contributed by atoms with Crippen LogP contribution in [0.3, 0.4) is 0 Å². The largest absolute Gasteiger partial charge is 0.465 e. The molecule has 0 bridgehead atoms. The van der Waals surface area contributed by atoms with Gasteiger partial charge in [-0.05, 0) is 24.3 Å². The van der Waals surface area contributed by atoms with Crippen LogP contribution in [0, 0.1) is 10.1 Å². The number of hydrogen-bond acceptors (Lipinski definition) is 4. The highest BCUT2D eigenvalue weighted by molar-refractivity contribution is 6.06. The molecule has 0 aliphatic heterocycles. The molecular weight excluding hydrogens is 290 g/mol. The number of anilines is 2. The second-order valence-electron chi connectivity index (χ2n) is 4.23. The van der Waals surface area contributed by atoms with Gasteiger partial charge in [0.2, 0.25) is 0 Å². The first-order valence-corrected chi connectivity index (χ1v) is 6.12. The summed E-state index contributed by atoms with van der Waals surface area (Å²) < 4.78 is 0. The Balaban J connectivity index is 2.18. The van der Waals surface area contributed by atoms with Crippen LogP contribution in [0.25, 0.3) is 0 Å². The maximum absolute atomic E-state index is 12.1. The van der Waals surface area contributed by atoms with Crippen LogP contribution in [0.15, 0.2) is 48.5 Å². The zero-order valence-corrected chi connectivity index (χ0v) is 11.1. The predicted molar refractivity (Wildman–Crippen MR) is 79.1 cm³/mol. The van der Waals surface area contributed by atoms with E-state index in [0.29, 0.717) is 0 Å². The monoisotopic (exact) mass is 301 g/mol. The fraction of sp³-hybridized carbons (Fsp3) is 0. The molecule has 0 spiro atoms. The third-order valence-corrected chi connectivity index (χ3v) is 2.76. The van der Waals surface area contributed by atoms with Gasteiger partial charge >= 0.3 is 6.09 Å². The fourth-order valence-electron chi connectivity index (χ4n) is 1.75. The highest BCUT2D eigenvalue weighted by Crippen LogP contribution is 2.22. The van der Waals surface area contributed by atoms with E-state index in [9.17, 15) is 19.7 Å². The summed E-state index contributed by atoms with van der Waals surface area (Å²) >= 11 is 0. The molecule has 22 heavy (non-hydrogen) atoms. The van der Waals surface area contributed by atoms with Gasteiger partial charge in [0.1, 0.15) is 0 Å². The van der Waals surface area contributed by atoms with E-state index in [4.69, 9.17) is 5.11 Å². The van der Waals surface area contributed by atoms with Gasteiger partial charge in [-0.25, -0.2) is 4.79 Å². The summed E-state index contributed by atoms with van der Waals surface area (Å²) in [7, 11) is 0. The fourth-order valence-corrected chi connectivity index (χ4v) is 1.75. The number of carboxylic acid groups (broad SMARTS) is 1. The van der Waals surface area contributed by atoms with Gasteiger partial charge in [-0.1, -0.05) is 12.1 Å². The second-order valence-corrected chi connectivity index (χ2v) is 4.23. The summed E-state index contributed by atoms with van der Waals surface area (Å²) in [5.74, 6) is -0.505. The molecule has 0 heterocycles. The standard InChI is InChI=1S/C14H11N3O5/c18-13(9-5-7-10(8-6-9)17(21)22)15-11-3-1-2-4-12(11)16-14(19)20/h1-8,16H,(H,15,18)(H,19,20). The van der Waals surface area contributed by atoms with Crippen LogP contribution < -0.4 is 10.6 Å². The number of rotatable bonds is 4. The quantitative estimate of drug-likeness (QED) is 0.592. The van der Waals surface area contributed by atoms with Gasteiger partial charge in [-0.15, -0.1) is 0 Å². The number of nitrogens with zero attached hydrogens (tertiary/aromatic N) is 1. The lowest BCUT2D eigenvalue weighted by Crippen LogP contribution is -2.15. The number of nitrogens with one attached hydrogen (secondary N) is 2. The van der Waals surface area contributed by atoms with Crippen molar-refractivity contribution in [2.75, 3.05) is 10.6 Å². The van der Waals surface area contributed by atoms with Crippen LogP contribution >= 0.6 is 0 Å². The Labute approximate surface area is 124 Å². The number of hydrogen-bond donors (Lipinski definition) is 3. The molecule has 2 rings (SSSR count). The molecule has 112 valence electrons. The lowest BCUT2D eigenvalue weighted by Gasteiger charge is -2.10. The van der Waals surface area contributed by atoms with Gasteiger partial charge in [0.05, 0.1) is 16.3 Å². The molecule has 2 aromatic rings. The Kier molecular flexibility index (Phi) is 4.33. The Hall–Kier alpha value is -3.42. The molecule has 0 aromatic heterocycles. The van der Waals surface area contributed by atoms with Crippen LogP contribution in [0.5, 0.6) is 0 Å². The van der Waals surface area contributed by atoms with Crippen molar-refractivity contribution >= 4 is 29.1 Å². The molecule has 8 nitrogen and oxygen atoms in total. The average molecular weight is 301 g/mol. The van der Waals surface area contributed by atoms with E-state index in [-0.39, 0.29) is 22.6 Å². The summed E-state index contributed by atoms with van der Waals surface area (Å²) in [6.07, 6.45) is -1.25. The molecular formula is C14H11N3O5. The van der Waals surface area contributed by atoms with Crippen LogP contribution in [0.2, 0.25) is 0 Å². The second kappa shape index (κ2) is 6.35. The molecule has 0 fully saturated rings. The minimum absolute atomic E-state index is 0.121. The lowest BCUT2D eigenvalue weighted by molar-refractivity contribution is -0.384. The third kappa shape index (κ3) is 3.57. The number of amides is 2. The first kappa shape index (κ1) is 15.0. The Morgan fingerprint density at radius 3 is 2.00 bits per heavy atom. The molecule has 0 aliphatic carbocycles. The molecule has 0 saturated heterocycles. The first-order valence-electron chi connectivity index (χ1n) is 6.12. The number of nitro benzene ring substituents is 1. The van der Waals surface area contributed by atoms with Crippen LogP contribution in [0.4, 0.5) is 21.9 Å². The number of para-hydroxylation sites is 2. The maximum Gasteiger partial charge on any atom is 0.409 e. The Bertz CT molecular complexity index is 728. The highest BCUT2D eigenvalue weighted by atomic mass is 16.6. The van der Waals surface area contributed by atoms with Crippen molar-refractivity contribution < 1.29 is 19.6 Å². The molecule has 3 N–H and O–H groups in total. The van der Waals surface area contributed by atoms with E-state index >= 15 is 0 Å². The van der Waals surface area contributed by atoms with Gasteiger partial charge in [0.25, 0.3) is 11.6 Å². The zero-order chi connectivity index (χ0) is 16.1. The molecule has 0 atom stereocenters. The molecule has 2 amide bonds. The van der Waals surface area contributed by atoms with Gasteiger partial charge in [-0.3, -0.25) is 20.2 Å². The summed E-state index contributed by atoms with van der Waals surface area (Å²) in [5, 5.41) is 24.0. The average Bonchev–Trinajstić information content (AvgIpc) is 2.48. The highest BCUT2D eigenvalue weighted by Gasteiger charge is 2.12. The first-order chi connectivity index (χ1) is 10.5. The summed E-state index contributed by atoms with van der Waals surface area (Å²) in [4.78, 5) is 32.8. The van der Waals surface area contributed by atoms with Crippen molar-refractivity contribution in [1.29, 1.82) is 0 Å². The number of non-ortho nitro benzene ring substituents is 1. The molecule has 0 radical (unpaired) electrons. The van der Waals surface area contributed by atoms with Crippen molar-refractivity contribution in [3.05, 3.63) is 64.2 Å². The zero-order valence-electron chi connectivity index (χ0n) is 11.1. The predicted octanol–water partition coefficient (Wildman–Crippen LogP) is 2.94. The van der Waals surface area contributed by atoms with Crippen molar-refractivity contribution in [2.45, 2.75) is 0 Å². The summed E-state index contributed by atoms with van der Waals surface area (Å²) in [5.41, 5.74) is 0.610. The topological polar surface area (TPSA) is 122 Å². The van der Waals surface area contributed by atoms with E-state index in [0.717, 1.165) is 0 Å². The minimum Gasteiger partial charge on any atom is -0.465 e. The molecule has 0 saturated carbocycles. The molecule has 8 heteroatoms. The van der Waals surface area contributed by atoms with Gasteiger partial charge in [0, 0.05) is 17.7 Å². The maximum atomic E-state index is 12.1. The number of carbonyl (C=O) groups excluding carboxylic acids is 1. The van der Waals surface area contributed by atoms with E-state index in [1.807, 2.05) is 0 Å². The SMILES string of the molecule is O=C(O)Nc1ccccc1NC(=O)c1ccc([N+](=O)[O-])cc1. The summed E-state index contributed by atoms with van der Waals surface area (Å²) in [6, 6.07) is 11.4. The number of nitro groups is 1. The van der Waals surface area contributed by atoms with Crippen molar-refractivity contribution in [2.24, 2.45) is 0 Å². The van der Waals surface area contributed by atoms with Gasteiger partial charge < -0.3 is 10.4 Å². The van der Waals surface area contributed by atoms with Crippen LogP contribution in [0.1, 0.15) is 10.4 Å². The smallest absolute Gasteiger partial charge is 0.409 e. The van der Waals surface area contributed by atoms with E-state index in [2.05, 4.69) is 10.6 Å². The van der Waals surface area contributed by atoms with Gasteiger partial charge in [0.15, 0.2) is 0 Å². The van der Waals surface area contributed by atoms with Gasteiger partial charge in [-0.2, -0.15) is 0 Å². The summed E-state index contributed by atoms with van der Waals surface area (Å²) in [6.45, 7) is 0. The number of benzene rings is 2. The van der Waals surface area contributed by atoms with Crippen LogP contribution in [-0.4, -0.2) is 22.0 Å². The number of carbonyl (C=O) groups is 2. The van der Waals surface area contributed by atoms with Crippen LogP contribution in [-0.2, 0) is 0 Å². The van der Waals surface area contributed by atoms with Crippen molar-refractivity contribution in [3.63, 3.8) is 0 Å². The molecule has 0 aliphatic rings. The Morgan fingerprint density at radius 2 is 1.50 bits per heavy atom. The Morgan fingerprint density at radius 1 is 0.955 bits per heavy atom. The normalized spacial score (nSPS) is 9.82. The van der Waals surface area contributed by atoms with Crippen molar-refractivity contribution in [1.82, 2.24) is 0 Å². The third-order valence-electron chi connectivity index (χ3n) is 2.76. The van der Waals surface area contributed by atoms with E-state index < -0.39 is 16.9 Å². The van der Waals surface area contributed by atoms with E-state index in [1.165, 1.54) is 36.4 Å². The lowest BCUT2D eigenvalue weighted by atomic mass is 10.2. The molecule has 0 unspecified atom stereocenters. The molecule has 2 aromatic carbocycles.